The Morgan fingerprint density at radius 2 is 1.88 bits per heavy atom. The summed E-state index contributed by atoms with van der Waals surface area (Å²) in [5.74, 6) is 0.881. The van der Waals surface area contributed by atoms with Crippen LogP contribution in [-0.4, -0.2) is 37.0 Å². The van der Waals surface area contributed by atoms with Crippen LogP contribution in [0.4, 0.5) is 0 Å². The topological polar surface area (TPSA) is 41.6 Å². The second kappa shape index (κ2) is 9.44. The zero-order valence-corrected chi connectivity index (χ0v) is 15.3. The van der Waals surface area contributed by atoms with Gasteiger partial charge in [0.25, 0.3) is 5.91 Å². The Kier molecular flexibility index (Phi) is 7.29. The van der Waals surface area contributed by atoms with Gasteiger partial charge < -0.3 is 15.0 Å². The molecule has 1 aliphatic rings. The van der Waals surface area contributed by atoms with Gasteiger partial charge in [-0.15, -0.1) is 12.4 Å². The fourth-order valence-corrected chi connectivity index (χ4v) is 3.01. The molecule has 5 heteroatoms. The second-order valence-corrected chi connectivity index (χ2v) is 6.18. The van der Waals surface area contributed by atoms with Crippen LogP contribution < -0.4 is 10.1 Å². The number of piperidine rings is 1. The Balaban J connectivity index is 0.00000225. The highest BCUT2D eigenvalue weighted by atomic mass is 35.5. The van der Waals surface area contributed by atoms with Crippen LogP contribution >= 0.6 is 12.4 Å². The van der Waals surface area contributed by atoms with Gasteiger partial charge in [0.05, 0.1) is 0 Å². The van der Waals surface area contributed by atoms with Gasteiger partial charge in [-0.3, -0.25) is 4.79 Å². The fourth-order valence-electron chi connectivity index (χ4n) is 3.01. The smallest absolute Gasteiger partial charge is 0.253 e. The summed E-state index contributed by atoms with van der Waals surface area (Å²) in [6.45, 7) is 2.15. The third-order valence-corrected chi connectivity index (χ3v) is 4.47. The highest BCUT2D eigenvalue weighted by Gasteiger charge is 2.23. The summed E-state index contributed by atoms with van der Waals surface area (Å²) in [4.78, 5) is 14.5. The van der Waals surface area contributed by atoms with E-state index in [4.69, 9.17) is 4.74 Å². The molecule has 0 radical (unpaired) electrons. The van der Waals surface area contributed by atoms with Crippen molar-refractivity contribution in [2.24, 2.45) is 0 Å². The molecule has 0 aromatic heterocycles. The average molecular weight is 361 g/mol. The molecule has 1 heterocycles. The lowest BCUT2D eigenvalue weighted by Crippen LogP contribution is -2.46. The van der Waals surface area contributed by atoms with Crippen LogP contribution in [0.2, 0.25) is 0 Å². The van der Waals surface area contributed by atoms with E-state index in [2.05, 4.69) is 5.32 Å². The highest BCUT2D eigenvalue weighted by molar-refractivity contribution is 5.94. The van der Waals surface area contributed by atoms with Crippen LogP contribution in [0.5, 0.6) is 5.75 Å². The largest absolute Gasteiger partial charge is 0.489 e. The van der Waals surface area contributed by atoms with Gasteiger partial charge in [-0.2, -0.15) is 0 Å². The van der Waals surface area contributed by atoms with Crippen molar-refractivity contribution in [1.29, 1.82) is 0 Å². The quantitative estimate of drug-likeness (QED) is 0.887. The minimum absolute atomic E-state index is 0. The number of rotatable bonds is 5. The number of hydrogen-bond donors (Lipinski definition) is 1. The van der Waals surface area contributed by atoms with E-state index in [1.54, 1.807) is 0 Å². The first-order chi connectivity index (χ1) is 11.8. The predicted octanol–water partition coefficient (Wildman–Crippen LogP) is 3.51. The number of ether oxygens (including phenoxy) is 1. The third-order valence-electron chi connectivity index (χ3n) is 4.47. The van der Waals surface area contributed by atoms with Crippen LogP contribution in [-0.2, 0) is 6.61 Å². The molecule has 0 bridgehead atoms. The van der Waals surface area contributed by atoms with Crippen molar-refractivity contribution in [2.45, 2.75) is 25.5 Å². The monoisotopic (exact) mass is 360 g/mol. The van der Waals surface area contributed by atoms with Gasteiger partial charge in [0, 0.05) is 24.7 Å². The van der Waals surface area contributed by atoms with Gasteiger partial charge in [0.15, 0.2) is 0 Å². The number of nitrogens with one attached hydrogen (secondary N) is 1. The van der Waals surface area contributed by atoms with E-state index in [0.29, 0.717) is 12.6 Å². The molecule has 0 spiro atoms. The molecule has 1 atom stereocenters. The lowest BCUT2D eigenvalue weighted by Gasteiger charge is -2.32. The molecule has 1 aliphatic heterocycles. The summed E-state index contributed by atoms with van der Waals surface area (Å²) < 4.78 is 5.77. The first kappa shape index (κ1) is 19.3. The highest BCUT2D eigenvalue weighted by Crippen LogP contribution is 2.18. The first-order valence-corrected chi connectivity index (χ1v) is 8.49. The number of carbonyl (C=O) groups is 1. The molecule has 1 unspecified atom stereocenters. The summed E-state index contributed by atoms with van der Waals surface area (Å²) in [6.07, 6.45) is 2.18. The van der Waals surface area contributed by atoms with Gasteiger partial charge in [-0.05, 0) is 49.7 Å². The van der Waals surface area contributed by atoms with Crippen molar-refractivity contribution in [3.63, 3.8) is 0 Å². The van der Waals surface area contributed by atoms with E-state index in [1.165, 1.54) is 0 Å². The number of benzene rings is 2. The van der Waals surface area contributed by atoms with Crippen molar-refractivity contribution in [2.75, 3.05) is 20.1 Å². The molecule has 1 saturated heterocycles. The summed E-state index contributed by atoms with van der Waals surface area (Å²) in [7, 11) is 1.96. The van der Waals surface area contributed by atoms with Gasteiger partial charge in [0.2, 0.25) is 0 Å². The molecular weight excluding hydrogens is 336 g/mol. The number of likely N-dealkylation sites (N-methyl/N-ethyl adjacent to an activating group) is 1. The first-order valence-electron chi connectivity index (χ1n) is 8.49. The zero-order valence-electron chi connectivity index (χ0n) is 14.5. The van der Waals surface area contributed by atoms with Gasteiger partial charge >= 0.3 is 0 Å². The second-order valence-electron chi connectivity index (χ2n) is 6.18. The summed E-state index contributed by atoms with van der Waals surface area (Å²) in [5.41, 5.74) is 1.85. The Bertz CT molecular complexity index is 661. The van der Waals surface area contributed by atoms with Crippen molar-refractivity contribution in [3.8, 4) is 5.75 Å². The molecule has 2 aromatic carbocycles. The van der Waals surface area contributed by atoms with Gasteiger partial charge in [0.1, 0.15) is 12.4 Å². The molecule has 134 valence electrons. The minimum Gasteiger partial charge on any atom is -0.489 e. The molecule has 3 rings (SSSR count). The number of nitrogens with zero attached hydrogens (tertiary/aromatic N) is 1. The van der Waals surface area contributed by atoms with E-state index in [0.717, 1.165) is 42.8 Å². The lowest BCUT2D eigenvalue weighted by atomic mass is 10.0. The number of carbonyl (C=O) groups excluding carboxylic acids is 1. The molecule has 1 fully saturated rings. The van der Waals surface area contributed by atoms with Crippen LogP contribution in [0.15, 0.2) is 54.6 Å². The van der Waals surface area contributed by atoms with Crippen molar-refractivity contribution in [1.82, 2.24) is 10.2 Å². The third kappa shape index (κ3) is 5.21. The van der Waals surface area contributed by atoms with E-state index in [9.17, 15) is 4.79 Å². The fraction of sp³-hybridized carbons (Fsp3) is 0.350. The number of hydrogen-bond acceptors (Lipinski definition) is 3. The summed E-state index contributed by atoms with van der Waals surface area (Å²) in [6, 6.07) is 17.9. The Morgan fingerprint density at radius 3 is 2.56 bits per heavy atom. The molecular formula is C20H25ClN2O2. The maximum absolute atomic E-state index is 12.6. The number of likely N-dealkylation sites (tertiary alicyclic amines) is 1. The minimum atomic E-state index is 0. The molecule has 1 N–H and O–H groups in total. The van der Waals surface area contributed by atoms with Crippen molar-refractivity contribution >= 4 is 18.3 Å². The standard InChI is InChI=1S/C20H24N2O2.ClH/c1-21-18-8-5-13-22(14-18)20(23)17-9-11-19(12-10-17)24-15-16-6-3-2-4-7-16;/h2-4,6-7,9-12,18,21H,5,8,13-15H2,1H3;1H. The van der Waals surface area contributed by atoms with Crippen LogP contribution in [0.3, 0.4) is 0 Å². The van der Waals surface area contributed by atoms with E-state index < -0.39 is 0 Å². The normalized spacial score (nSPS) is 16.8. The SMILES string of the molecule is CNC1CCCN(C(=O)c2ccc(OCc3ccccc3)cc2)C1.Cl. The van der Waals surface area contributed by atoms with Crippen molar-refractivity contribution in [3.05, 3.63) is 65.7 Å². The van der Waals surface area contributed by atoms with Gasteiger partial charge in [-0.1, -0.05) is 30.3 Å². The Hall–Kier alpha value is -2.04. The zero-order chi connectivity index (χ0) is 16.8. The molecule has 1 amide bonds. The van der Waals surface area contributed by atoms with Gasteiger partial charge in [-0.25, -0.2) is 0 Å². The maximum atomic E-state index is 12.6. The van der Waals surface area contributed by atoms with Crippen molar-refractivity contribution < 1.29 is 9.53 Å². The summed E-state index contributed by atoms with van der Waals surface area (Å²) >= 11 is 0. The maximum Gasteiger partial charge on any atom is 0.253 e. The van der Waals surface area contributed by atoms with E-state index >= 15 is 0 Å². The molecule has 25 heavy (non-hydrogen) atoms. The molecule has 0 saturated carbocycles. The van der Waals surface area contributed by atoms with Crippen LogP contribution in [0.25, 0.3) is 0 Å². The number of amides is 1. The van der Waals surface area contributed by atoms with Crippen LogP contribution in [0, 0.1) is 0 Å². The Labute approximate surface area is 155 Å². The van der Waals surface area contributed by atoms with E-state index in [-0.39, 0.29) is 18.3 Å². The average Bonchev–Trinajstić information content (AvgIpc) is 2.67. The lowest BCUT2D eigenvalue weighted by molar-refractivity contribution is 0.0698. The molecule has 4 nitrogen and oxygen atoms in total. The Morgan fingerprint density at radius 1 is 1.16 bits per heavy atom. The summed E-state index contributed by atoms with van der Waals surface area (Å²) in [5, 5.41) is 3.27. The predicted molar refractivity (Wildman–Crippen MR) is 102 cm³/mol. The molecule has 2 aromatic rings. The van der Waals surface area contributed by atoms with Crippen LogP contribution in [0.1, 0.15) is 28.8 Å². The molecule has 0 aliphatic carbocycles. The van der Waals surface area contributed by atoms with E-state index in [1.807, 2.05) is 66.5 Å². The number of halogens is 1.